The average molecular weight is 190 g/mol. The third kappa shape index (κ3) is 3.30. The van der Waals surface area contributed by atoms with Crippen LogP contribution in [0.25, 0.3) is 0 Å². The van der Waals surface area contributed by atoms with Crippen LogP contribution in [0.5, 0.6) is 0 Å². The van der Waals surface area contributed by atoms with Crippen LogP contribution >= 0.6 is 0 Å². The Bertz CT molecular complexity index is 161. The first-order valence-electron chi connectivity index (χ1n) is 4.30. The van der Waals surface area contributed by atoms with E-state index in [-0.39, 0.29) is 13.2 Å². The quantitative estimate of drug-likeness (QED) is 0.413. The van der Waals surface area contributed by atoms with Gasteiger partial charge >= 0.3 is 0 Å². The summed E-state index contributed by atoms with van der Waals surface area (Å²) in [4.78, 5) is 10.7. The highest BCUT2D eigenvalue weighted by Crippen LogP contribution is 2.09. The molecule has 0 rings (SSSR count). The summed E-state index contributed by atoms with van der Waals surface area (Å²) >= 11 is 0. The lowest BCUT2D eigenvalue weighted by atomic mass is 9.97. The van der Waals surface area contributed by atoms with Gasteiger partial charge in [-0.05, 0) is 13.3 Å². The van der Waals surface area contributed by atoms with Crippen molar-refractivity contribution in [2.75, 3.05) is 13.2 Å². The van der Waals surface area contributed by atoms with Gasteiger partial charge in [0, 0.05) is 0 Å². The lowest BCUT2D eigenvalue weighted by Crippen LogP contribution is -2.57. The molecular weight excluding hydrogens is 172 g/mol. The SMILES string of the molecule is CCC(CO)(CO)NC(C)C(N)=O. The number of aliphatic hydroxyl groups excluding tert-OH is 2. The molecule has 0 spiro atoms. The molecule has 0 aliphatic heterocycles. The number of carbonyl (C=O) groups is 1. The lowest BCUT2D eigenvalue weighted by molar-refractivity contribution is -0.120. The van der Waals surface area contributed by atoms with Crippen LogP contribution in [0.1, 0.15) is 20.3 Å². The second-order valence-corrected chi connectivity index (χ2v) is 3.22. The zero-order valence-electron chi connectivity index (χ0n) is 8.08. The van der Waals surface area contributed by atoms with Crippen LogP contribution < -0.4 is 11.1 Å². The Kier molecular flexibility index (Phi) is 4.90. The van der Waals surface area contributed by atoms with E-state index in [2.05, 4.69) is 5.32 Å². The van der Waals surface area contributed by atoms with Crippen LogP contribution in [0.3, 0.4) is 0 Å². The second-order valence-electron chi connectivity index (χ2n) is 3.22. The van der Waals surface area contributed by atoms with E-state index in [1.54, 1.807) is 6.92 Å². The molecule has 0 aromatic heterocycles. The molecule has 5 heteroatoms. The van der Waals surface area contributed by atoms with Crippen molar-refractivity contribution in [3.8, 4) is 0 Å². The van der Waals surface area contributed by atoms with Gasteiger partial charge < -0.3 is 15.9 Å². The second kappa shape index (κ2) is 5.16. The van der Waals surface area contributed by atoms with E-state index in [4.69, 9.17) is 15.9 Å². The van der Waals surface area contributed by atoms with Crippen molar-refractivity contribution in [3.63, 3.8) is 0 Å². The Morgan fingerprint density at radius 1 is 1.54 bits per heavy atom. The molecule has 0 saturated carbocycles. The molecular formula is C8H18N2O3. The normalized spacial score (nSPS) is 14.2. The van der Waals surface area contributed by atoms with Crippen LogP contribution in [-0.4, -0.2) is 40.9 Å². The molecule has 0 bridgehead atoms. The van der Waals surface area contributed by atoms with E-state index in [9.17, 15) is 4.79 Å². The number of carbonyl (C=O) groups excluding carboxylic acids is 1. The van der Waals surface area contributed by atoms with Gasteiger partial charge in [-0.2, -0.15) is 0 Å². The number of primary amides is 1. The lowest BCUT2D eigenvalue weighted by Gasteiger charge is -2.32. The van der Waals surface area contributed by atoms with E-state index in [0.29, 0.717) is 6.42 Å². The van der Waals surface area contributed by atoms with Gasteiger partial charge in [0.2, 0.25) is 5.91 Å². The number of amides is 1. The third-order valence-electron chi connectivity index (χ3n) is 2.23. The summed E-state index contributed by atoms with van der Waals surface area (Å²) in [6.07, 6.45) is 0.525. The molecule has 5 nitrogen and oxygen atoms in total. The number of hydrogen-bond donors (Lipinski definition) is 4. The highest BCUT2D eigenvalue weighted by molar-refractivity contribution is 5.79. The minimum absolute atomic E-state index is 0.225. The van der Waals surface area contributed by atoms with E-state index in [1.807, 2.05) is 6.92 Å². The first-order chi connectivity index (χ1) is 6.01. The monoisotopic (exact) mass is 190 g/mol. The van der Waals surface area contributed by atoms with E-state index in [0.717, 1.165) is 0 Å². The first-order valence-corrected chi connectivity index (χ1v) is 4.30. The molecule has 0 aromatic rings. The Morgan fingerprint density at radius 3 is 2.23 bits per heavy atom. The summed E-state index contributed by atoms with van der Waals surface area (Å²) in [5.41, 5.74) is 4.23. The van der Waals surface area contributed by atoms with E-state index >= 15 is 0 Å². The number of aliphatic hydroxyl groups is 2. The summed E-state index contributed by atoms with van der Waals surface area (Å²) in [5, 5.41) is 20.9. The molecule has 0 aliphatic carbocycles. The number of nitrogens with two attached hydrogens (primary N) is 1. The Hall–Kier alpha value is -0.650. The maximum absolute atomic E-state index is 10.7. The first kappa shape index (κ1) is 12.3. The zero-order chi connectivity index (χ0) is 10.5. The number of rotatable bonds is 6. The summed E-state index contributed by atoms with van der Waals surface area (Å²) in [5.74, 6) is -0.500. The largest absolute Gasteiger partial charge is 0.394 e. The summed E-state index contributed by atoms with van der Waals surface area (Å²) < 4.78 is 0. The smallest absolute Gasteiger partial charge is 0.234 e. The van der Waals surface area contributed by atoms with Gasteiger partial charge in [-0.25, -0.2) is 0 Å². The van der Waals surface area contributed by atoms with Gasteiger partial charge in [0.1, 0.15) is 0 Å². The summed E-state index contributed by atoms with van der Waals surface area (Å²) in [6.45, 7) is 2.96. The van der Waals surface area contributed by atoms with E-state index in [1.165, 1.54) is 0 Å². The van der Waals surface area contributed by atoms with Gasteiger partial charge in [-0.3, -0.25) is 10.1 Å². The maximum atomic E-state index is 10.7. The fourth-order valence-corrected chi connectivity index (χ4v) is 0.997. The number of hydrogen-bond acceptors (Lipinski definition) is 4. The Morgan fingerprint density at radius 2 is 2.00 bits per heavy atom. The molecule has 0 saturated heterocycles. The van der Waals surface area contributed by atoms with Crippen molar-refractivity contribution in [1.29, 1.82) is 0 Å². The molecule has 0 heterocycles. The molecule has 5 N–H and O–H groups in total. The van der Waals surface area contributed by atoms with Crippen LogP contribution in [-0.2, 0) is 4.79 Å². The van der Waals surface area contributed by atoms with Crippen LogP contribution in [0.2, 0.25) is 0 Å². The minimum Gasteiger partial charge on any atom is -0.394 e. The van der Waals surface area contributed by atoms with Crippen molar-refractivity contribution in [3.05, 3.63) is 0 Å². The fraction of sp³-hybridized carbons (Fsp3) is 0.875. The van der Waals surface area contributed by atoms with Crippen molar-refractivity contribution in [2.24, 2.45) is 5.73 Å². The van der Waals surface area contributed by atoms with Crippen LogP contribution in [0.15, 0.2) is 0 Å². The van der Waals surface area contributed by atoms with Crippen molar-refractivity contribution in [2.45, 2.75) is 31.8 Å². The van der Waals surface area contributed by atoms with Crippen LogP contribution in [0, 0.1) is 0 Å². The summed E-state index contributed by atoms with van der Waals surface area (Å²) in [6, 6.07) is -0.556. The highest BCUT2D eigenvalue weighted by Gasteiger charge is 2.29. The predicted octanol–water partition coefficient (Wildman–Crippen LogP) is -1.42. The molecule has 0 fully saturated rings. The Labute approximate surface area is 77.9 Å². The predicted molar refractivity (Wildman–Crippen MR) is 49.0 cm³/mol. The molecule has 78 valence electrons. The van der Waals surface area contributed by atoms with Gasteiger partial charge in [-0.15, -0.1) is 0 Å². The standard InChI is InChI=1S/C8H18N2O3/c1-3-8(4-11,5-12)10-6(2)7(9)13/h6,10-12H,3-5H2,1-2H3,(H2,9,13). The van der Waals surface area contributed by atoms with Gasteiger partial charge in [-0.1, -0.05) is 6.92 Å². The highest BCUT2D eigenvalue weighted by atomic mass is 16.3. The van der Waals surface area contributed by atoms with Crippen molar-refractivity contribution >= 4 is 5.91 Å². The molecule has 1 amide bonds. The Balaban J connectivity index is 4.32. The maximum Gasteiger partial charge on any atom is 0.234 e. The summed E-state index contributed by atoms with van der Waals surface area (Å²) in [7, 11) is 0. The molecule has 0 aliphatic rings. The van der Waals surface area contributed by atoms with Crippen molar-refractivity contribution < 1.29 is 15.0 Å². The molecule has 0 radical (unpaired) electrons. The molecule has 1 atom stereocenters. The fourth-order valence-electron chi connectivity index (χ4n) is 0.997. The minimum atomic E-state index is -0.811. The average Bonchev–Trinajstić information content (AvgIpc) is 2.14. The topological polar surface area (TPSA) is 95.6 Å². The molecule has 1 unspecified atom stereocenters. The molecule has 13 heavy (non-hydrogen) atoms. The van der Waals surface area contributed by atoms with Crippen molar-refractivity contribution in [1.82, 2.24) is 5.32 Å². The number of nitrogens with one attached hydrogen (secondary N) is 1. The van der Waals surface area contributed by atoms with E-state index < -0.39 is 17.5 Å². The molecule has 0 aromatic carbocycles. The van der Waals surface area contributed by atoms with Gasteiger partial charge in [0.15, 0.2) is 0 Å². The van der Waals surface area contributed by atoms with Gasteiger partial charge in [0.05, 0.1) is 24.8 Å². The van der Waals surface area contributed by atoms with Gasteiger partial charge in [0.25, 0.3) is 0 Å². The van der Waals surface area contributed by atoms with Crippen LogP contribution in [0.4, 0.5) is 0 Å². The zero-order valence-corrected chi connectivity index (χ0v) is 8.08. The third-order valence-corrected chi connectivity index (χ3v) is 2.23.